The minimum Gasteiger partial charge on any atom is -0.376 e. The van der Waals surface area contributed by atoms with Crippen LogP contribution in [0, 0.1) is 16.0 Å². The lowest BCUT2D eigenvalue weighted by molar-refractivity contribution is -0.384. The summed E-state index contributed by atoms with van der Waals surface area (Å²) >= 11 is 0. The molecule has 0 radical (unpaired) electrons. The summed E-state index contributed by atoms with van der Waals surface area (Å²) in [4.78, 5) is 10.3. The molecule has 144 valence electrons. The van der Waals surface area contributed by atoms with Crippen molar-refractivity contribution in [3.63, 3.8) is 0 Å². The normalized spacial score (nSPS) is 16.3. The van der Waals surface area contributed by atoms with Crippen molar-refractivity contribution < 1.29 is 18.1 Å². The molecule has 8 heteroatoms. The summed E-state index contributed by atoms with van der Waals surface area (Å²) < 4.78 is 32.6. The zero-order valence-corrected chi connectivity index (χ0v) is 15.7. The van der Waals surface area contributed by atoms with Gasteiger partial charge in [-0.2, -0.15) is 4.31 Å². The van der Waals surface area contributed by atoms with Crippen molar-refractivity contribution in [1.82, 2.24) is 4.31 Å². The fourth-order valence-corrected chi connectivity index (χ4v) is 4.59. The van der Waals surface area contributed by atoms with Gasteiger partial charge in [0.1, 0.15) is 0 Å². The summed E-state index contributed by atoms with van der Waals surface area (Å²) in [5, 5.41) is 10.7. The number of sulfonamides is 1. The Morgan fingerprint density at radius 3 is 2.26 bits per heavy atom. The number of benzene rings is 2. The van der Waals surface area contributed by atoms with Crippen LogP contribution in [0.4, 0.5) is 5.69 Å². The lowest BCUT2D eigenvalue weighted by Crippen LogP contribution is -2.39. The van der Waals surface area contributed by atoms with Crippen LogP contribution in [-0.4, -0.2) is 37.3 Å². The summed E-state index contributed by atoms with van der Waals surface area (Å²) in [6.07, 6.45) is 1.47. The van der Waals surface area contributed by atoms with Gasteiger partial charge < -0.3 is 4.74 Å². The van der Waals surface area contributed by atoms with Gasteiger partial charge in [0.25, 0.3) is 5.69 Å². The van der Waals surface area contributed by atoms with E-state index in [9.17, 15) is 18.5 Å². The van der Waals surface area contributed by atoms with E-state index >= 15 is 0 Å². The zero-order chi connectivity index (χ0) is 19.3. The van der Waals surface area contributed by atoms with Crippen LogP contribution in [0.1, 0.15) is 18.4 Å². The van der Waals surface area contributed by atoms with Gasteiger partial charge in [0.05, 0.1) is 16.4 Å². The molecule has 1 aliphatic heterocycles. The summed E-state index contributed by atoms with van der Waals surface area (Å²) in [6, 6.07) is 15.0. The molecule has 1 fully saturated rings. The largest absolute Gasteiger partial charge is 0.376 e. The maximum atomic E-state index is 12.7. The SMILES string of the molecule is O=[N+]([O-])c1ccc(S(=O)(=O)N2CCC(COCc3ccccc3)CC2)cc1. The molecule has 0 atom stereocenters. The Morgan fingerprint density at radius 2 is 1.67 bits per heavy atom. The number of ether oxygens (including phenoxy) is 1. The van der Waals surface area contributed by atoms with Crippen molar-refractivity contribution in [2.75, 3.05) is 19.7 Å². The maximum absolute atomic E-state index is 12.7. The molecule has 1 heterocycles. The van der Waals surface area contributed by atoms with Gasteiger partial charge in [-0.05, 0) is 36.5 Å². The van der Waals surface area contributed by atoms with Crippen LogP contribution in [0.15, 0.2) is 59.5 Å². The molecular formula is C19H22N2O5S. The first-order valence-electron chi connectivity index (χ1n) is 8.83. The molecule has 0 aromatic heterocycles. The highest BCUT2D eigenvalue weighted by Crippen LogP contribution is 2.25. The molecule has 0 unspecified atom stereocenters. The lowest BCUT2D eigenvalue weighted by atomic mass is 9.99. The number of non-ortho nitro benzene ring substituents is 1. The molecule has 3 rings (SSSR count). The number of nitrogens with zero attached hydrogens (tertiary/aromatic N) is 2. The Balaban J connectivity index is 1.51. The van der Waals surface area contributed by atoms with Crippen molar-refractivity contribution in [3.8, 4) is 0 Å². The van der Waals surface area contributed by atoms with Gasteiger partial charge in [0.2, 0.25) is 10.0 Å². The maximum Gasteiger partial charge on any atom is 0.269 e. The molecule has 27 heavy (non-hydrogen) atoms. The van der Waals surface area contributed by atoms with Gasteiger partial charge in [0.15, 0.2) is 0 Å². The summed E-state index contributed by atoms with van der Waals surface area (Å²) in [7, 11) is -3.62. The van der Waals surface area contributed by atoms with E-state index in [1.54, 1.807) is 0 Å². The Labute approximate surface area is 158 Å². The Bertz CT molecular complexity index is 861. The number of nitro benzene ring substituents is 1. The summed E-state index contributed by atoms with van der Waals surface area (Å²) in [6.45, 7) is 2.03. The third-order valence-electron chi connectivity index (χ3n) is 4.72. The van der Waals surface area contributed by atoms with E-state index in [0.29, 0.717) is 32.2 Å². The van der Waals surface area contributed by atoms with Crippen molar-refractivity contribution in [1.29, 1.82) is 0 Å². The van der Waals surface area contributed by atoms with Crippen LogP contribution < -0.4 is 0 Å². The van der Waals surface area contributed by atoms with Crippen molar-refractivity contribution in [2.24, 2.45) is 5.92 Å². The molecule has 0 N–H and O–H groups in total. The van der Waals surface area contributed by atoms with E-state index < -0.39 is 14.9 Å². The average molecular weight is 390 g/mol. The van der Waals surface area contributed by atoms with Gasteiger partial charge >= 0.3 is 0 Å². The van der Waals surface area contributed by atoms with Gasteiger partial charge in [-0.25, -0.2) is 8.42 Å². The smallest absolute Gasteiger partial charge is 0.269 e. The summed E-state index contributed by atoms with van der Waals surface area (Å²) in [5.41, 5.74) is 0.999. The van der Waals surface area contributed by atoms with Crippen LogP contribution >= 0.6 is 0 Å². The second-order valence-corrected chi connectivity index (χ2v) is 8.54. The fourth-order valence-electron chi connectivity index (χ4n) is 3.12. The second kappa shape index (κ2) is 8.60. The molecular weight excluding hydrogens is 368 g/mol. The van der Waals surface area contributed by atoms with Crippen LogP contribution in [0.5, 0.6) is 0 Å². The molecule has 0 bridgehead atoms. The van der Waals surface area contributed by atoms with Crippen LogP contribution in [0.3, 0.4) is 0 Å². The number of hydrogen-bond acceptors (Lipinski definition) is 5. The molecule has 1 saturated heterocycles. The first-order chi connectivity index (χ1) is 13.0. The minimum absolute atomic E-state index is 0.0897. The molecule has 2 aromatic rings. The minimum atomic E-state index is -3.62. The number of nitro groups is 1. The topological polar surface area (TPSA) is 89.8 Å². The first kappa shape index (κ1) is 19.5. The van der Waals surface area contributed by atoms with Gasteiger partial charge in [-0.1, -0.05) is 30.3 Å². The monoisotopic (exact) mass is 390 g/mol. The van der Waals surface area contributed by atoms with E-state index in [1.165, 1.54) is 28.6 Å². The predicted molar refractivity (Wildman–Crippen MR) is 101 cm³/mol. The van der Waals surface area contributed by atoms with E-state index in [2.05, 4.69) is 0 Å². The standard InChI is InChI=1S/C19H22N2O5S/c22-21(23)18-6-8-19(9-7-18)27(24,25)20-12-10-17(11-13-20)15-26-14-16-4-2-1-3-5-16/h1-9,17H,10-15H2. The van der Waals surface area contributed by atoms with Gasteiger partial charge in [-0.3, -0.25) is 10.1 Å². The van der Waals surface area contributed by atoms with E-state index in [0.717, 1.165) is 18.4 Å². The predicted octanol–water partition coefficient (Wildman–Crippen LogP) is 3.21. The first-order valence-corrected chi connectivity index (χ1v) is 10.3. The fraction of sp³-hybridized carbons (Fsp3) is 0.368. The van der Waals surface area contributed by atoms with E-state index in [1.807, 2.05) is 30.3 Å². The zero-order valence-electron chi connectivity index (χ0n) is 14.9. The third kappa shape index (κ3) is 4.91. The number of hydrogen-bond donors (Lipinski definition) is 0. The average Bonchev–Trinajstić information content (AvgIpc) is 2.69. The van der Waals surface area contributed by atoms with Crippen molar-refractivity contribution in [2.45, 2.75) is 24.3 Å². The highest BCUT2D eigenvalue weighted by Gasteiger charge is 2.29. The van der Waals surface area contributed by atoms with Gasteiger partial charge in [-0.15, -0.1) is 0 Å². The second-order valence-electron chi connectivity index (χ2n) is 6.60. The molecule has 0 aliphatic carbocycles. The van der Waals surface area contributed by atoms with Gasteiger partial charge in [0, 0.05) is 31.8 Å². The Morgan fingerprint density at radius 1 is 1.04 bits per heavy atom. The van der Waals surface area contributed by atoms with E-state index in [4.69, 9.17) is 4.74 Å². The molecule has 1 aliphatic rings. The molecule has 2 aromatic carbocycles. The Hall–Kier alpha value is -2.29. The molecule has 0 saturated carbocycles. The number of rotatable bonds is 7. The lowest BCUT2D eigenvalue weighted by Gasteiger charge is -2.31. The van der Waals surface area contributed by atoms with Crippen molar-refractivity contribution in [3.05, 3.63) is 70.3 Å². The Kier molecular flexibility index (Phi) is 6.20. The highest BCUT2D eigenvalue weighted by atomic mass is 32.2. The van der Waals surface area contributed by atoms with Crippen molar-refractivity contribution >= 4 is 15.7 Å². The number of piperidine rings is 1. The molecule has 0 amide bonds. The van der Waals surface area contributed by atoms with Crippen LogP contribution in [0.25, 0.3) is 0 Å². The third-order valence-corrected chi connectivity index (χ3v) is 6.64. The van der Waals surface area contributed by atoms with Crippen LogP contribution in [0.2, 0.25) is 0 Å². The van der Waals surface area contributed by atoms with Crippen LogP contribution in [-0.2, 0) is 21.4 Å². The highest BCUT2D eigenvalue weighted by molar-refractivity contribution is 7.89. The molecule has 7 nitrogen and oxygen atoms in total. The molecule has 0 spiro atoms. The summed E-state index contributed by atoms with van der Waals surface area (Å²) in [5.74, 6) is 0.331. The quantitative estimate of drug-likeness (QED) is 0.535. The van der Waals surface area contributed by atoms with E-state index in [-0.39, 0.29) is 10.6 Å².